The van der Waals surface area contributed by atoms with Gasteiger partial charge in [-0.3, -0.25) is 0 Å². The standard InChI is InChI=1S/C12H16N2O4S/c13-9-1-2-10(12(15)16)11(5-9)14-6-8-3-4-19(17,18)7-8/h1-2,5,8,14H,3-4,6-7,13H2,(H,15,16). The monoisotopic (exact) mass is 284 g/mol. The summed E-state index contributed by atoms with van der Waals surface area (Å²) in [7, 11) is -2.92. The van der Waals surface area contributed by atoms with Gasteiger partial charge in [-0.2, -0.15) is 0 Å². The van der Waals surface area contributed by atoms with Crippen molar-refractivity contribution in [1.29, 1.82) is 0 Å². The fourth-order valence-corrected chi connectivity index (χ4v) is 4.04. The van der Waals surface area contributed by atoms with Gasteiger partial charge in [-0.05, 0) is 30.5 Å². The Morgan fingerprint density at radius 2 is 2.21 bits per heavy atom. The summed E-state index contributed by atoms with van der Waals surface area (Å²) >= 11 is 0. The number of nitrogen functional groups attached to an aromatic ring is 1. The molecule has 104 valence electrons. The Labute approximate surface area is 111 Å². The van der Waals surface area contributed by atoms with Crippen LogP contribution in [0.2, 0.25) is 0 Å². The Balaban J connectivity index is 2.07. The maximum absolute atomic E-state index is 11.3. The zero-order valence-corrected chi connectivity index (χ0v) is 11.1. The van der Waals surface area contributed by atoms with Crippen molar-refractivity contribution in [3.63, 3.8) is 0 Å². The average Bonchev–Trinajstić information content (AvgIpc) is 2.66. The Morgan fingerprint density at radius 1 is 1.47 bits per heavy atom. The molecule has 6 nitrogen and oxygen atoms in total. The fraction of sp³-hybridized carbons (Fsp3) is 0.417. The zero-order valence-electron chi connectivity index (χ0n) is 10.3. The van der Waals surface area contributed by atoms with Crippen LogP contribution in [0.25, 0.3) is 0 Å². The molecule has 19 heavy (non-hydrogen) atoms. The second kappa shape index (κ2) is 5.08. The molecule has 1 aromatic carbocycles. The SMILES string of the molecule is Nc1ccc(C(=O)O)c(NCC2CCS(=O)(=O)C2)c1. The molecule has 0 spiro atoms. The van der Waals surface area contributed by atoms with Gasteiger partial charge in [0, 0.05) is 12.2 Å². The molecular formula is C12H16N2O4S. The fourth-order valence-electron chi connectivity index (χ4n) is 2.18. The summed E-state index contributed by atoms with van der Waals surface area (Å²) in [4.78, 5) is 11.1. The molecule has 0 aliphatic carbocycles. The van der Waals surface area contributed by atoms with Gasteiger partial charge in [0.2, 0.25) is 0 Å². The van der Waals surface area contributed by atoms with E-state index in [0.29, 0.717) is 24.3 Å². The molecule has 1 aromatic rings. The average molecular weight is 284 g/mol. The number of carbonyl (C=O) groups is 1. The van der Waals surface area contributed by atoms with Crippen molar-refractivity contribution in [3.8, 4) is 0 Å². The van der Waals surface area contributed by atoms with E-state index in [4.69, 9.17) is 10.8 Å². The second-order valence-electron chi connectivity index (χ2n) is 4.76. The van der Waals surface area contributed by atoms with Crippen LogP contribution < -0.4 is 11.1 Å². The quantitative estimate of drug-likeness (QED) is 0.706. The number of nitrogens with two attached hydrogens (primary N) is 1. The van der Waals surface area contributed by atoms with Crippen molar-refractivity contribution in [3.05, 3.63) is 23.8 Å². The van der Waals surface area contributed by atoms with Crippen LogP contribution >= 0.6 is 0 Å². The lowest BCUT2D eigenvalue weighted by Gasteiger charge is -2.13. The van der Waals surface area contributed by atoms with Crippen LogP contribution in [-0.4, -0.2) is 37.5 Å². The number of carboxylic acids is 1. The molecule has 0 aromatic heterocycles. The Bertz CT molecular complexity index is 598. The summed E-state index contributed by atoms with van der Waals surface area (Å²) in [6.45, 7) is 0.433. The smallest absolute Gasteiger partial charge is 0.337 e. The molecule has 2 rings (SSSR count). The first kappa shape index (κ1) is 13.7. The normalized spacial score (nSPS) is 21.2. The highest BCUT2D eigenvalue weighted by Crippen LogP contribution is 2.22. The van der Waals surface area contributed by atoms with Crippen molar-refractivity contribution in [2.45, 2.75) is 6.42 Å². The molecule has 7 heteroatoms. The van der Waals surface area contributed by atoms with Crippen LogP contribution in [-0.2, 0) is 9.84 Å². The van der Waals surface area contributed by atoms with E-state index >= 15 is 0 Å². The molecular weight excluding hydrogens is 268 g/mol. The van der Waals surface area contributed by atoms with Gasteiger partial charge in [-0.15, -0.1) is 0 Å². The molecule has 0 amide bonds. The molecule has 0 radical (unpaired) electrons. The van der Waals surface area contributed by atoms with Crippen molar-refractivity contribution in [1.82, 2.24) is 0 Å². The highest BCUT2D eigenvalue weighted by atomic mass is 32.2. The lowest BCUT2D eigenvalue weighted by atomic mass is 10.1. The van der Waals surface area contributed by atoms with Gasteiger partial charge in [-0.1, -0.05) is 0 Å². The molecule has 1 aliphatic rings. The van der Waals surface area contributed by atoms with E-state index in [9.17, 15) is 13.2 Å². The number of anilines is 2. The molecule has 1 atom stereocenters. The van der Waals surface area contributed by atoms with Crippen LogP contribution in [0.15, 0.2) is 18.2 Å². The third kappa shape index (κ3) is 3.37. The zero-order chi connectivity index (χ0) is 14.0. The van der Waals surface area contributed by atoms with Gasteiger partial charge in [-0.25, -0.2) is 13.2 Å². The minimum atomic E-state index is -2.92. The number of nitrogens with one attached hydrogen (secondary N) is 1. The Kier molecular flexibility index (Phi) is 3.66. The second-order valence-corrected chi connectivity index (χ2v) is 6.99. The summed E-state index contributed by atoms with van der Waals surface area (Å²) in [5.41, 5.74) is 6.65. The highest BCUT2D eigenvalue weighted by Gasteiger charge is 2.27. The molecule has 1 fully saturated rings. The van der Waals surface area contributed by atoms with Gasteiger partial charge in [0.25, 0.3) is 0 Å². The van der Waals surface area contributed by atoms with Crippen molar-refractivity contribution in [2.75, 3.05) is 29.1 Å². The third-order valence-corrected chi connectivity index (χ3v) is 5.02. The summed E-state index contributed by atoms with van der Waals surface area (Å²) in [6, 6.07) is 4.51. The largest absolute Gasteiger partial charge is 0.478 e. The lowest BCUT2D eigenvalue weighted by Crippen LogP contribution is -2.17. The van der Waals surface area contributed by atoms with E-state index in [-0.39, 0.29) is 23.0 Å². The van der Waals surface area contributed by atoms with E-state index in [0.717, 1.165) is 0 Å². The van der Waals surface area contributed by atoms with Gasteiger partial charge < -0.3 is 16.2 Å². The van der Waals surface area contributed by atoms with Crippen LogP contribution in [0.5, 0.6) is 0 Å². The number of sulfone groups is 1. The minimum Gasteiger partial charge on any atom is -0.478 e. The Morgan fingerprint density at radius 3 is 2.79 bits per heavy atom. The molecule has 0 bridgehead atoms. The van der Waals surface area contributed by atoms with Crippen LogP contribution in [0, 0.1) is 5.92 Å². The van der Waals surface area contributed by atoms with E-state index in [1.165, 1.54) is 12.1 Å². The number of benzene rings is 1. The molecule has 1 aliphatic heterocycles. The Hall–Kier alpha value is -1.76. The van der Waals surface area contributed by atoms with Gasteiger partial charge in [0.15, 0.2) is 9.84 Å². The number of rotatable bonds is 4. The van der Waals surface area contributed by atoms with Gasteiger partial charge >= 0.3 is 5.97 Å². The van der Waals surface area contributed by atoms with Crippen molar-refractivity contribution >= 4 is 27.2 Å². The maximum atomic E-state index is 11.3. The van der Waals surface area contributed by atoms with E-state index < -0.39 is 15.8 Å². The van der Waals surface area contributed by atoms with Crippen molar-refractivity contribution < 1.29 is 18.3 Å². The first-order valence-corrected chi connectivity index (χ1v) is 7.76. The topological polar surface area (TPSA) is 109 Å². The molecule has 0 saturated carbocycles. The van der Waals surface area contributed by atoms with Gasteiger partial charge in [0.1, 0.15) is 0 Å². The van der Waals surface area contributed by atoms with E-state index in [1.54, 1.807) is 6.07 Å². The van der Waals surface area contributed by atoms with Crippen LogP contribution in [0.4, 0.5) is 11.4 Å². The molecule has 1 heterocycles. The lowest BCUT2D eigenvalue weighted by molar-refractivity contribution is 0.0698. The number of aromatic carboxylic acids is 1. The first-order valence-electron chi connectivity index (χ1n) is 5.94. The minimum absolute atomic E-state index is 0.0214. The van der Waals surface area contributed by atoms with Crippen LogP contribution in [0.3, 0.4) is 0 Å². The maximum Gasteiger partial charge on any atom is 0.337 e. The molecule has 4 N–H and O–H groups in total. The number of carboxylic acid groups (broad SMARTS) is 1. The predicted molar refractivity (Wildman–Crippen MR) is 73.1 cm³/mol. The molecule has 1 unspecified atom stereocenters. The summed E-state index contributed by atoms with van der Waals surface area (Å²) in [6.07, 6.45) is 0.611. The van der Waals surface area contributed by atoms with E-state index in [1.807, 2.05) is 0 Å². The predicted octanol–water partition coefficient (Wildman–Crippen LogP) is 0.814. The highest BCUT2D eigenvalue weighted by molar-refractivity contribution is 7.91. The summed E-state index contributed by atoms with van der Waals surface area (Å²) in [5, 5.41) is 12.0. The third-order valence-electron chi connectivity index (χ3n) is 3.18. The summed E-state index contributed by atoms with van der Waals surface area (Å²) < 4.78 is 22.7. The number of hydrogen-bond donors (Lipinski definition) is 3. The number of hydrogen-bond acceptors (Lipinski definition) is 5. The molecule has 1 saturated heterocycles. The van der Waals surface area contributed by atoms with E-state index in [2.05, 4.69) is 5.32 Å². The van der Waals surface area contributed by atoms with Gasteiger partial charge in [0.05, 0.1) is 22.8 Å². The van der Waals surface area contributed by atoms with Crippen molar-refractivity contribution in [2.24, 2.45) is 5.92 Å². The summed E-state index contributed by atoms with van der Waals surface area (Å²) in [5.74, 6) is -0.651. The van der Waals surface area contributed by atoms with Crippen LogP contribution in [0.1, 0.15) is 16.8 Å². The first-order chi connectivity index (χ1) is 8.87.